The smallest absolute Gasteiger partial charge is 0.150 e. The highest BCUT2D eigenvalue weighted by atomic mass is 15.1. The van der Waals surface area contributed by atoms with Crippen molar-refractivity contribution in [2.75, 3.05) is 11.5 Å². The molecule has 0 atom stereocenters. The largest absolute Gasteiger partial charge is 0.399 e. The fourth-order valence-corrected chi connectivity index (χ4v) is 2.75. The predicted octanol–water partition coefficient (Wildman–Crippen LogP) is 3.25. The number of fused-ring (bicyclic) bond motifs is 1. The van der Waals surface area contributed by atoms with E-state index in [9.17, 15) is 0 Å². The molecule has 0 unspecified atom stereocenters. The minimum atomic E-state index is 0.469. The Balaban J connectivity index is 2.04. The molecule has 0 aliphatic carbocycles. The van der Waals surface area contributed by atoms with E-state index in [4.69, 9.17) is 11.5 Å². The molecule has 0 fully saturated rings. The molecule has 2 heterocycles. The van der Waals surface area contributed by atoms with E-state index in [1.165, 1.54) is 6.33 Å². The Bertz CT molecular complexity index is 972. The van der Waals surface area contributed by atoms with Gasteiger partial charge in [0.25, 0.3) is 0 Å². The molecule has 2 aromatic carbocycles. The second kappa shape index (κ2) is 5.14. The van der Waals surface area contributed by atoms with Gasteiger partial charge in [-0.15, -0.1) is 0 Å². The van der Waals surface area contributed by atoms with Crippen molar-refractivity contribution in [3.63, 3.8) is 0 Å². The van der Waals surface area contributed by atoms with E-state index >= 15 is 0 Å². The first-order valence-corrected chi connectivity index (χ1v) is 7.27. The summed E-state index contributed by atoms with van der Waals surface area (Å²) in [5.74, 6) is 0.469. The lowest BCUT2D eigenvalue weighted by Crippen LogP contribution is -1.96. The van der Waals surface area contributed by atoms with Gasteiger partial charge in [0.2, 0.25) is 0 Å². The Morgan fingerprint density at radius 1 is 0.826 bits per heavy atom. The van der Waals surface area contributed by atoms with Crippen LogP contribution in [-0.4, -0.2) is 14.5 Å². The fraction of sp³-hybridized carbons (Fsp3) is 0. The molecule has 0 saturated heterocycles. The van der Waals surface area contributed by atoms with Crippen LogP contribution in [0.3, 0.4) is 0 Å². The molecule has 0 aliphatic rings. The van der Waals surface area contributed by atoms with Crippen molar-refractivity contribution in [2.45, 2.75) is 0 Å². The molecule has 0 bridgehead atoms. The number of nitrogens with two attached hydrogens (primary N) is 2. The molecule has 2 aromatic heterocycles. The molecule has 5 nitrogen and oxygen atoms in total. The van der Waals surface area contributed by atoms with Crippen LogP contribution in [0.25, 0.3) is 27.8 Å². The molecular weight excluding hydrogens is 286 g/mol. The van der Waals surface area contributed by atoms with E-state index in [1.54, 1.807) is 0 Å². The third kappa shape index (κ3) is 2.19. The predicted molar refractivity (Wildman–Crippen MR) is 93.1 cm³/mol. The molecule has 0 radical (unpaired) electrons. The summed E-state index contributed by atoms with van der Waals surface area (Å²) in [6, 6.07) is 17.7. The minimum Gasteiger partial charge on any atom is -0.399 e. The van der Waals surface area contributed by atoms with Gasteiger partial charge in [0.1, 0.15) is 12.1 Å². The van der Waals surface area contributed by atoms with Crippen LogP contribution >= 0.6 is 0 Å². The normalized spacial score (nSPS) is 11.0. The number of para-hydroxylation sites is 1. The van der Waals surface area contributed by atoms with Crippen molar-refractivity contribution < 1.29 is 0 Å². The van der Waals surface area contributed by atoms with E-state index in [1.807, 2.05) is 65.4 Å². The number of aromatic nitrogens is 3. The second-order valence-electron chi connectivity index (χ2n) is 5.33. The van der Waals surface area contributed by atoms with E-state index < -0.39 is 0 Å². The SMILES string of the molecule is Nc1ccc(-c2cn(-c3ccccc3)c3ncnc(N)c23)cc1. The summed E-state index contributed by atoms with van der Waals surface area (Å²) in [6.07, 6.45) is 3.53. The van der Waals surface area contributed by atoms with E-state index in [-0.39, 0.29) is 0 Å². The molecular formula is C18H15N5. The van der Waals surface area contributed by atoms with Gasteiger partial charge in [-0.25, -0.2) is 9.97 Å². The van der Waals surface area contributed by atoms with E-state index in [0.717, 1.165) is 33.5 Å². The molecule has 5 heteroatoms. The van der Waals surface area contributed by atoms with Crippen LogP contribution in [0, 0.1) is 0 Å². The van der Waals surface area contributed by atoms with E-state index in [0.29, 0.717) is 5.82 Å². The van der Waals surface area contributed by atoms with Crippen molar-refractivity contribution in [1.82, 2.24) is 14.5 Å². The highest BCUT2D eigenvalue weighted by Gasteiger charge is 2.15. The van der Waals surface area contributed by atoms with Crippen LogP contribution < -0.4 is 11.5 Å². The number of anilines is 2. The van der Waals surface area contributed by atoms with Crippen molar-refractivity contribution in [3.8, 4) is 16.8 Å². The van der Waals surface area contributed by atoms with Crippen LogP contribution in [0.15, 0.2) is 67.1 Å². The number of benzene rings is 2. The maximum atomic E-state index is 6.13. The Morgan fingerprint density at radius 2 is 1.57 bits per heavy atom. The fourth-order valence-electron chi connectivity index (χ4n) is 2.75. The molecule has 23 heavy (non-hydrogen) atoms. The monoisotopic (exact) mass is 301 g/mol. The van der Waals surface area contributed by atoms with Gasteiger partial charge in [-0.2, -0.15) is 0 Å². The van der Waals surface area contributed by atoms with Gasteiger partial charge in [-0.3, -0.25) is 0 Å². The average Bonchev–Trinajstić information content (AvgIpc) is 2.97. The molecule has 4 aromatic rings. The topological polar surface area (TPSA) is 82.8 Å². The molecule has 0 aliphatic heterocycles. The van der Waals surface area contributed by atoms with Crippen molar-refractivity contribution in [3.05, 3.63) is 67.1 Å². The van der Waals surface area contributed by atoms with Gasteiger partial charge in [0.15, 0.2) is 5.65 Å². The molecule has 0 saturated carbocycles. The van der Waals surface area contributed by atoms with E-state index in [2.05, 4.69) is 9.97 Å². The van der Waals surface area contributed by atoms with Crippen molar-refractivity contribution in [2.24, 2.45) is 0 Å². The Morgan fingerprint density at radius 3 is 2.30 bits per heavy atom. The maximum absolute atomic E-state index is 6.13. The summed E-state index contributed by atoms with van der Waals surface area (Å²) in [6.45, 7) is 0. The molecule has 4 N–H and O–H groups in total. The highest BCUT2D eigenvalue weighted by molar-refractivity contribution is 6.01. The maximum Gasteiger partial charge on any atom is 0.150 e. The Kier molecular flexibility index (Phi) is 2.98. The number of rotatable bonds is 2. The van der Waals surface area contributed by atoms with Crippen LogP contribution in [0.4, 0.5) is 11.5 Å². The van der Waals surface area contributed by atoms with Gasteiger partial charge >= 0.3 is 0 Å². The first-order valence-electron chi connectivity index (χ1n) is 7.27. The lowest BCUT2D eigenvalue weighted by Gasteiger charge is -2.03. The number of nitrogens with zero attached hydrogens (tertiary/aromatic N) is 3. The summed E-state index contributed by atoms with van der Waals surface area (Å²) in [5, 5.41) is 0.848. The summed E-state index contributed by atoms with van der Waals surface area (Å²) in [4.78, 5) is 8.58. The summed E-state index contributed by atoms with van der Waals surface area (Å²) >= 11 is 0. The summed E-state index contributed by atoms with van der Waals surface area (Å²) < 4.78 is 2.03. The summed E-state index contributed by atoms with van der Waals surface area (Å²) in [7, 11) is 0. The van der Waals surface area contributed by atoms with Gasteiger partial charge in [0.05, 0.1) is 5.39 Å². The van der Waals surface area contributed by atoms with Gasteiger partial charge in [-0.05, 0) is 29.8 Å². The number of hydrogen-bond acceptors (Lipinski definition) is 4. The highest BCUT2D eigenvalue weighted by Crippen LogP contribution is 2.34. The van der Waals surface area contributed by atoms with Gasteiger partial charge < -0.3 is 16.0 Å². The van der Waals surface area contributed by atoms with Crippen molar-refractivity contribution in [1.29, 1.82) is 0 Å². The molecule has 4 rings (SSSR count). The first-order chi connectivity index (χ1) is 11.2. The molecule has 0 amide bonds. The van der Waals surface area contributed by atoms with Gasteiger partial charge in [0, 0.05) is 23.1 Å². The Labute approximate surface area is 133 Å². The van der Waals surface area contributed by atoms with Crippen molar-refractivity contribution >= 4 is 22.5 Å². The first kappa shape index (κ1) is 13.3. The number of nitrogen functional groups attached to an aromatic ring is 2. The van der Waals surface area contributed by atoms with Crippen LogP contribution in [0.1, 0.15) is 0 Å². The lowest BCUT2D eigenvalue weighted by atomic mass is 10.1. The molecule has 112 valence electrons. The zero-order valence-corrected chi connectivity index (χ0v) is 12.3. The number of hydrogen-bond donors (Lipinski definition) is 2. The molecule has 0 spiro atoms. The average molecular weight is 301 g/mol. The third-order valence-corrected chi connectivity index (χ3v) is 3.87. The van der Waals surface area contributed by atoms with Crippen LogP contribution in [-0.2, 0) is 0 Å². The quantitative estimate of drug-likeness (QED) is 0.557. The standard InChI is InChI=1S/C18H15N5/c19-13-8-6-12(7-9-13)15-10-23(14-4-2-1-3-5-14)18-16(15)17(20)21-11-22-18/h1-11H,19H2,(H2,20,21,22). The second-order valence-corrected chi connectivity index (χ2v) is 5.33. The summed E-state index contributed by atoms with van der Waals surface area (Å²) in [5.41, 5.74) is 16.5. The lowest BCUT2D eigenvalue weighted by molar-refractivity contribution is 1.08. The zero-order valence-electron chi connectivity index (χ0n) is 12.3. The Hall–Kier alpha value is -3.34. The zero-order chi connectivity index (χ0) is 15.8. The van der Waals surface area contributed by atoms with Crippen LogP contribution in [0.2, 0.25) is 0 Å². The van der Waals surface area contributed by atoms with Gasteiger partial charge in [-0.1, -0.05) is 30.3 Å². The third-order valence-electron chi connectivity index (χ3n) is 3.87. The minimum absolute atomic E-state index is 0.469. The van der Waals surface area contributed by atoms with Crippen LogP contribution in [0.5, 0.6) is 0 Å².